The van der Waals surface area contributed by atoms with Crippen molar-refractivity contribution < 1.29 is 22.8 Å². The molecule has 128 valence electrons. The quantitative estimate of drug-likeness (QED) is 0.870. The molecule has 1 saturated heterocycles. The highest BCUT2D eigenvalue weighted by molar-refractivity contribution is 5.90. The van der Waals surface area contributed by atoms with Crippen molar-refractivity contribution in [3.05, 3.63) is 11.6 Å². The van der Waals surface area contributed by atoms with Crippen molar-refractivity contribution in [1.29, 1.82) is 0 Å². The molecule has 7 nitrogen and oxygen atoms in total. The molecule has 1 aromatic heterocycles. The number of aromatic nitrogens is 3. The number of halogens is 3. The lowest BCUT2D eigenvalue weighted by molar-refractivity contribution is -0.144. The first-order chi connectivity index (χ1) is 10.8. The Morgan fingerprint density at radius 3 is 2.78 bits per heavy atom. The third kappa shape index (κ3) is 4.42. The number of likely N-dealkylation sites (tertiary alicyclic amines) is 1. The van der Waals surface area contributed by atoms with Gasteiger partial charge < -0.3 is 10.2 Å². The lowest BCUT2D eigenvalue weighted by Crippen LogP contribution is -2.36. The summed E-state index contributed by atoms with van der Waals surface area (Å²) < 4.78 is 37.3. The van der Waals surface area contributed by atoms with Gasteiger partial charge in [0.2, 0.25) is 17.6 Å². The molecule has 0 spiro atoms. The van der Waals surface area contributed by atoms with Gasteiger partial charge in [0.1, 0.15) is 0 Å². The molecule has 2 amide bonds. The zero-order valence-corrected chi connectivity index (χ0v) is 12.6. The van der Waals surface area contributed by atoms with E-state index < -0.39 is 23.7 Å². The van der Waals surface area contributed by atoms with Crippen LogP contribution in [0.25, 0.3) is 0 Å². The zero-order chi connectivity index (χ0) is 17.0. The Labute approximate surface area is 130 Å². The minimum Gasteiger partial charge on any atom is -0.346 e. The van der Waals surface area contributed by atoms with Crippen molar-refractivity contribution in [3.8, 4) is 0 Å². The normalized spacial score (nSPS) is 19.6. The molecule has 0 saturated carbocycles. The number of H-pyrrole nitrogens is 1. The third-order valence-corrected chi connectivity index (χ3v) is 3.59. The summed E-state index contributed by atoms with van der Waals surface area (Å²) in [7, 11) is 0. The van der Waals surface area contributed by atoms with E-state index in [-0.39, 0.29) is 11.9 Å². The van der Waals surface area contributed by atoms with Crippen LogP contribution in [0.15, 0.2) is 0 Å². The molecule has 0 radical (unpaired) electrons. The number of hydrogen-bond acceptors (Lipinski definition) is 4. The van der Waals surface area contributed by atoms with Crippen LogP contribution in [0, 0.1) is 0 Å². The number of nitrogens with zero attached hydrogens (tertiary/aromatic N) is 3. The summed E-state index contributed by atoms with van der Waals surface area (Å²) in [5.41, 5.74) is 0. The highest BCUT2D eigenvalue weighted by Crippen LogP contribution is 2.25. The number of aromatic amines is 1. The Morgan fingerprint density at radius 1 is 1.43 bits per heavy atom. The topological polar surface area (TPSA) is 91.0 Å². The van der Waals surface area contributed by atoms with E-state index in [1.165, 1.54) is 0 Å². The number of hydrogen-bond donors (Lipinski definition) is 2. The second-order valence-corrected chi connectivity index (χ2v) is 5.38. The molecule has 0 aliphatic carbocycles. The molecule has 23 heavy (non-hydrogen) atoms. The predicted molar refractivity (Wildman–Crippen MR) is 73.4 cm³/mol. The summed E-state index contributed by atoms with van der Waals surface area (Å²) in [5.74, 6) is -2.62. The van der Waals surface area contributed by atoms with Crippen LogP contribution in [-0.4, -0.2) is 51.0 Å². The number of nitrogens with one attached hydrogen (secondary N) is 2. The largest absolute Gasteiger partial charge is 0.451 e. The van der Waals surface area contributed by atoms with Gasteiger partial charge in [0, 0.05) is 25.6 Å². The predicted octanol–water partition coefficient (Wildman–Crippen LogP) is 1.34. The van der Waals surface area contributed by atoms with E-state index in [2.05, 4.69) is 15.4 Å². The minimum atomic E-state index is -4.68. The molecule has 0 aromatic carbocycles. The number of carbonyl (C=O) groups is 2. The van der Waals surface area contributed by atoms with E-state index >= 15 is 0 Å². The summed E-state index contributed by atoms with van der Waals surface area (Å²) in [5, 5.41) is 7.58. The first-order valence-corrected chi connectivity index (χ1v) is 7.39. The summed E-state index contributed by atoms with van der Waals surface area (Å²) in [6, 6.07) is -0.291. The van der Waals surface area contributed by atoms with Crippen molar-refractivity contribution in [2.75, 3.05) is 13.1 Å². The number of carbonyl (C=O) groups excluding carboxylic acids is 2. The van der Waals surface area contributed by atoms with Gasteiger partial charge in [-0.15, -0.1) is 5.10 Å². The smallest absolute Gasteiger partial charge is 0.346 e. The summed E-state index contributed by atoms with van der Waals surface area (Å²) in [6.45, 7) is 3.15. The molecule has 1 fully saturated rings. The average Bonchev–Trinajstić information content (AvgIpc) is 2.92. The number of amides is 2. The van der Waals surface area contributed by atoms with Crippen LogP contribution in [-0.2, 0) is 11.0 Å². The second-order valence-electron chi connectivity index (χ2n) is 5.38. The Balaban J connectivity index is 1.95. The van der Waals surface area contributed by atoms with Gasteiger partial charge >= 0.3 is 6.18 Å². The van der Waals surface area contributed by atoms with E-state index in [1.807, 2.05) is 6.92 Å². The fraction of sp³-hybridized carbons (Fsp3) is 0.692. The van der Waals surface area contributed by atoms with Crippen molar-refractivity contribution >= 4 is 11.8 Å². The van der Waals surface area contributed by atoms with Gasteiger partial charge in [-0.1, -0.05) is 6.92 Å². The van der Waals surface area contributed by atoms with E-state index in [1.54, 1.807) is 10.00 Å². The fourth-order valence-corrected chi connectivity index (χ4v) is 2.43. The molecule has 1 aliphatic rings. The van der Waals surface area contributed by atoms with E-state index in [0.717, 1.165) is 6.42 Å². The monoisotopic (exact) mass is 333 g/mol. The second kappa shape index (κ2) is 6.97. The summed E-state index contributed by atoms with van der Waals surface area (Å²) in [6.07, 6.45) is -2.54. The molecule has 0 bridgehead atoms. The zero-order valence-electron chi connectivity index (χ0n) is 12.6. The average molecular weight is 333 g/mol. The lowest BCUT2D eigenvalue weighted by atomic mass is 10.1. The first kappa shape index (κ1) is 17.2. The Morgan fingerprint density at radius 2 is 2.17 bits per heavy atom. The maximum Gasteiger partial charge on any atom is 0.451 e. The Bertz CT molecular complexity index is 572. The van der Waals surface area contributed by atoms with Crippen molar-refractivity contribution in [3.63, 3.8) is 0 Å². The van der Waals surface area contributed by atoms with Gasteiger partial charge in [0.05, 0.1) is 0 Å². The van der Waals surface area contributed by atoms with Gasteiger partial charge in [-0.05, 0) is 19.3 Å². The van der Waals surface area contributed by atoms with E-state index in [4.69, 9.17) is 0 Å². The van der Waals surface area contributed by atoms with Crippen molar-refractivity contribution in [2.45, 2.75) is 44.8 Å². The highest BCUT2D eigenvalue weighted by atomic mass is 19.4. The fourth-order valence-electron chi connectivity index (χ4n) is 2.43. The van der Waals surface area contributed by atoms with Gasteiger partial charge in [0.25, 0.3) is 5.91 Å². The minimum absolute atomic E-state index is 0.0286. The Hall–Kier alpha value is -2.13. The van der Waals surface area contributed by atoms with Crippen LogP contribution in [0.2, 0.25) is 0 Å². The third-order valence-electron chi connectivity index (χ3n) is 3.59. The lowest BCUT2D eigenvalue weighted by Gasteiger charge is -2.20. The van der Waals surface area contributed by atoms with Crippen LogP contribution >= 0.6 is 0 Å². The Kier molecular flexibility index (Phi) is 5.22. The molecule has 1 atom stereocenters. The van der Waals surface area contributed by atoms with E-state index in [0.29, 0.717) is 32.4 Å². The van der Waals surface area contributed by atoms with Gasteiger partial charge in [0.15, 0.2) is 0 Å². The SMILES string of the molecule is CCCN1CCC(NC(=O)c2n[nH]c(C(F)(F)F)n2)CCC1=O. The van der Waals surface area contributed by atoms with Crippen LogP contribution < -0.4 is 5.32 Å². The van der Waals surface area contributed by atoms with Gasteiger partial charge in [-0.25, -0.2) is 0 Å². The van der Waals surface area contributed by atoms with Crippen LogP contribution in [0.4, 0.5) is 13.2 Å². The summed E-state index contributed by atoms with van der Waals surface area (Å²) in [4.78, 5) is 28.7. The molecule has 2 rings (SSSR count). The molecule has 1 unspecified atom stereocenters. The molecule has 2 N–H and O–H groups in total. The standard InChI is InChI=1S/C13H18F3N5O2/c1-2-6-21-7-5-8(3-4-9(21)22)17-11(23)10-18-12(20-19-10)13(14,15)16/h8H,2-7H2,1H3,(H,17,23)(H,18,19,20). The van der Waals surface area contributed by atoms with Gasteiger partial charge in [-0.3, -0.25) is 14.7 Å². The van der Waals surface area contributed by atoms with Crippen LogP contribution in [0.5, 0.6) is 0 Å². The van der Waals surface area contributed by atoms with E-state index in [9.17, 15) is 22.8 Å². The van der Waals surface area contributed by atoms with Crippen LogP contribution in [0.1, 0.15) is 49.1 Å². The van der Waals surface area contributed by atoms with Crippen LogP contribution in [0.3, 0.4) is 0 Å². The first-order valence-electron chi connectivity index (χ1n) is 7.39. The molecular formula is C13H18F3N5O2. The van der Waals surface area contributed by atoms with Crippen molar-refractivity contribution in [2.24, 2.45) is 0 Å². The maximum absolute atomic E-state index is 12.4. The molecule has 10 heteroatoms. The summed E-state index contributed by atoms with van der Waals surface area (Å²) >= 11 is 0. The van der Waals surface area contributed by atoms with Crippen molar-refractivity contribution in [1.82, 2.24) is 25.4 Å². The maximum atomic E-state index is 12.4. The molecule has 1 aromatic rings. The molecule has 2 heterocycles. The number of rotatable bonds is 4. The number of alkyl halides is 3. The molecule has 1 aliphatic heterocycles. The highest BCUT2D eigenvalue weighted by Gasteiger charge is 2.36. The molecular weight excluding hydrogens is 315 g/mol. The van der Waals surface area contributed by atoms with Gasteiger partial charge in [-0.2, -0.15) is 18.2 Å².